The molecule has 1 fully saturated rings. The number of hydrogen-bond donors (Lipinski definition) is 1. The van der Waals surface area contributed by atoms with Crippen molar-refractivity contribution in [2.75, 3.05) is 17.2 Å². The lowest BCUT2D eigenvalue weighted by Gasteiger charge is -2.39. The number of nitrogen functional groups attached to an aromatic ring is 1. The van der Waals surface area contributed by atoms with Crippen molar-refractivity contribution in [3.05, 3.63) is 23.2 Å². The van der Waals surface area contributed by atoms with Crippen LogP contribution in [-0.2, 0) is 0 Å². The summed E-state index contributed by atoms with van der Waals surface area (Å²) in [4.78, 5) is 2.38. The number of piperidine rings is 1. The van der Waals surface area contributed by atoms with Crippen LogP contribution in [0.3, 0.4) is 0 Å². The third-order valence-corrected chi connectivity index (χ3v) is 3.79. The molecule has 0 bridgehead atoms. The van der Waals surface area contributed by atoms with Crippen LogP contribution in [0.2, 0.25) is 5.02 Å². The molecule has 16 heavy (non-hydrogen) atoms. The van der Waals surface area contributed by atoms with E-state index in [2.05, 4.69) is 24.8 Å². The molecule has 2 rings (SSSR count). The van der Waals surface area contributed by atoms with E-state index in [4.69, 9.17) is 17.3 Å². The Morgan fingerprint density at radius 1 is 1.31 bits per heavy atom. The number of halogens is 1. The third kappa shape index (κ3) is 2.12. The Morgan fingerprint density at radius 2 is 2.06 bits per heavy atom. The molecule has 2 unspecified atom stereocenters. The van der Waals surface area contributed by atoms with E-state index in [1.54, 1.807) is 0 Å². The van der Waals surface area contributed by atoms with Crippen molar-refractivity contribution in [1.82, 2.24) is 0 Å². The summed E-state index contributed by atoms with van der Waals surface area (Å²) in [6.07, 6.45) is 2.53. The van der Waals surface area contributed by atoms with Crippen LogP contribution in [0, 0.1) is 5.92 Å². The van der Waals surface area contributed by atoms with Gasteiger partial charge in [0.1, 0.15) is 0 Å². The Bertz CT molecular complexity index is 378. The van der Waals surface area contributed by atoms with E-state index in [1.165, 1.54) is 12.8 Å². The fourth-order valence-electron chi connectivity index (χ4n) is 2.40. The standard InChI is InChI=1S/C13H19ClN2/c1-9-6-7-10(2)16(8-9)12-5-3-4-11(14)13(12)15/h3-5,9-10H,6-8,15H2,1-2H3. The maximum absolute atomic E-state index is 6.07. The Morgan fingerprint density at radius 3 is 2.81 bits per heavy atom. The van der Waals surface area contributed by atoms with Gasteiger partial charge in [-0.2, -0.15) is 0 Å². The minimum atomic E-state index is 0.553. The molecule has 1 heterocycles. The minimum Gasteiger partial charge on any atom is -0.396 e. The average Bonchev–Trinajstić information content (AvgIpc) is 2.26. The van der Waals surface area contributed by atoms with Crippen LogP contribution in [0.15, 0.2) is 18.2 Å². The lowest BCUT2D eigenvalue weighted by molar-refractivity contribution is 0.390. The first kappa shape index (κ1) is 11.6. The predicted molar refractivity (Wildman–Crippen MR) is 71.1 cm³/mol. The van der Waals surface area contributed by atoms with E-state index >= 15 is 0 Å². The molecule has 1 aliphatic heterocycles. The molecule has 1 saturated heterocycles. The van der Waals surface area contributed by atoms with Crippen molar-refractivity contribution < 1.29 is 0 Å². The second-order valence-corrected chi connectivity index (χ2v) is 5.26. The number of nitrogens with zero attached hydrogens (tertiary/aromatic N) is 1. The summed E-state index contributed by atoms with van der Waals surface area (Å²) in [6.45, 7) is 5.62. The number of benzene rings is 1. The first-order chi connectivity index (χ1) is 7.59. The Hall–Kier alpha value is -0.890. The summed E-state index contributed by atoms with van der Waals surface area (Å²) in [5.41, 5.74) is 7.85. The van der Waals surface area contributed by atoms with Crippen LogP contribution >= 0.6 is 11.6 Å². The van der Waals surface area contributed by atoms with E-state index < -0.39 is 0 Å². The molecule has 1 aromatic carbocycles. The minimum absolute atomic E-state index is 0.553. The SMILES string of the molecule is CC1CCC(C)N(c2cccc(Cl)c2N)C1. The normalized spacial score (nSPS) is 25.8. The van der Waals surface area contributed by atoms with Crippen LogP contribution < -0.4 is 10.6 Å². The molecule has 0 spiro atoms. The van der Waals surface area contributed by atoms with E-state index in [1.807, 2.05) is 12.1 Å². The molecule has 0 amide bonds. The predicted octanol–water partition coefficient (Wildman–Crippen LogP) is 3.55. The fourth-order valence-corrected chi connectivity index (χ4v) is 2.57. The summed E-state index contributed by atoms with van der Waals surface area (Å²) in [7, 11) is 0. The highest BCUT2D eigenvalue weighted by Gasteiger charge is 2.24. The zero-order chi connectivity index (χ0) is 11.7. The van der Waals surface area contributed by atoms with Crippen molar-refractivity contribution >= 4 is 23.0 Å². The lowest BCUT2D eigenvalue weighted by Crippen LogP contribution is -2.41. The van der Waals surface area contributed by atoms with Crippen molar-refractivity contribution in [2.24, 2.45) is 5.92 Å². The van der Waals surface area contributed by atoms with Crippen LogP contribution in [0.25, 0.3) is 0 Å². The first-order valence-electron chi connectivity index (χ1n) is 5.90. The van der Waals surface area contributed by atoms with Gasteiger partial charge < -0.3 is 10.6 Å². The van der Waals surface area contributed by atoms with Gasteiger partial charge in [0.15, 0.2) is 0 Å². The molecule has 88 valence electrons. The van der Waals surface area contributed by atoms with Crippen molar-refractivity contribution in [3.8, 4) is 0 Å². The third-order valence-electron chi connectivity index (χ3n) is 3.46. The van der Waals surface area contributed by atoms with Gasteiger partial charge in [-0.3, -0.25) is 0 Å². The molecular weight excluding hydrogens is 220 g/mol. The Labute approximate surface area is 102 Å². The molecule has 1 aromatic rings. The molecule has 0 saturated carbocycles. The molecule has 1 aliphatic rings. The summed E-state index contributed by atoms with van der Waals surface area (Å²) in [5.74, 6) is 0.731. The Kier molecular flexibility index (Phi) is 3.29. The highest BCUT2D eigenvalue weighted by Crippen LogP contribution is 2.34. The van der Waals surface area contributed by atoms with Gasteiger partial charge in [0.2, 0.25) is 0 Å². The molecule has 3 heteroatoms. The van der Waals surface area contributed by atoms with Gasteiger partial charge in [0.05, 0.1) is 16.4 Å². The Balaban J connectivity index is 2.31. The van der Waals surface area contributed by atoms with Crippen LogP contribution in [-0.4, -0.2) is 12.6 Å². The van der Waals surface area contributed by atoms with Crippen molar-refractivity contribution in [2.45, 2.75) is 32.7 Å². The topological polar surface area (TPSA) is 29.3 Å². The quantitative estimate of drug-likeness (QED) is 0.759. The van der Waals surface area contributed by atoms with E-state index in [9.17, 15) is 0 Å². The van der Waals surface area contributed by atoms with Gasteiger partial charge in [0.25, 0.3) is 0 Å². The number of para-hydroxylation sites is 1. The molecule has 2 nitrogen and oxygen atoms in total. The van der Waals surface area contributed by atoms with Gasteiger partial charge in [-0.1, -0.05) is 24.6 Å². The summed E-state index contributed by atoms with van der Waals surface area (Å²) in [6, 6.07) is 6.44. The van der Waals surface area contributed by atoms with Crippen LogP contribution in [0.5, 0.6) is 0 Å². The second kappa shape index (κ2) is 4.54. The van der Waals surface area contributed by atoms with Crippen molar-refractivity contribution in [1.29, 1.82) is 0 Å². The summed E-state index contributed by atoms with van der Waals surface area (Å²) < 4.78 is 0. The highest BCUT2D eigenvalue weighted by atomic mass is 35.5. The van der Waals surface area contributed by atoms with Gasteiger partial charge in [-0.25, -0.2) is 0 Å². The zero-order valence-electron chi connectivity index (χ0n) is 9.91. The monoisotopic (exact) mass is 238 g/mol. The van der Waals surface area contributed by atoms with Gasteiger partial charge in [-0.15, -0.1) is 0 Å². The van der Waals surface area contributed by atoms with Crippen LogP contribution in [0.1, 0.15) is 26.7 Å². The van der Waals surface area contributed by atoms with E-state index in [0.717, 1.165) is 18.2 Å². The molecular formula is C13H19ClN2. The fraction of sp³-hybridized carbons (Fsp3) is 0.538. The van der Waals surface area contributed by atoms with Gasteiger partial charge in [0, 0.05) is 12.6 Å². The van der Waals surface area contributed by atoms with Crippen LogP contribution in [0.4, 0.5) is 11.4 Å². The van der Waals surface area contributed by atoms with E-state index in [-0.39, 0.29) is 0 Å². The number of rotatable bonds is 1. The number of anilines is 2. The molecule has 0 radical (unpaired) electrons. The maximum atomic E-state index is 6.07. The molecule has 2 N–H and O–H groups in total. The van der Waals surface area contributed by atoms with Gasteiger partial charge >= 0.3 is 0 Å². The number of hydrogen-bond acceptors (Lipinski definition) is 2. The first-order valence-corrected chi connectivity index (χ1v) is 6.28. The van der Waals surface area contributed by atoms with Gasteiger partial charge in [-0.05, 0) is 37.8 Å². The van der Waals surface area contributed by atoms with E-state index in [0.29, 0.717) is 16.8 Å². The smallest absolute Gasteiger partial charge is 0.0741 e. The summed E-state index contributed by atoms with van der Waals surface area (Å²) >= 11 is 6.07. The largest absolute Gasteiger partial charge is 0.396 e. The summed E-state index contributed by atoms with van der Waals surface area (Å²) in [5, 5.41) is 0.655. The molecule has 0 aromatic heterocycles. The average molecular weight is 239 g/mol. The highest BCUT2D eigenvalue weighted by molar-refractivity contribution is 6.33. The second-order valence-electron chi connectivity index (χ2n) is 4.86. The van der Waals surface area contributed by atoms with Crippen molar-refractivity contribution in [3.63, 3.8) is 0 Å². The number of nitrogens with two attached hydrogens (primary N) is 1. The maximum Gasteiger partial charge on any atom is 0.0741 e. The lowest BCUT2D eigenvalue weighted by atomic mass is 9.94. The molecule has 2 atom stereocenters. The zero-order valence-corrected chi connectivity index (χ0v) is 10.7. The molecule has 0 aliphatic carbocycles.